The molecule has 1 aliphatic rings. The summed E-state index contributed by atoms with van der Waals surface area (Å²) in [5.74, 6) is 1.66. The smallest absolute Gasteiger partial charge is 0.267 e. The monoisotopic (exact) mass is 422 g/mol. The SMILES string of the molecule is Cc1nc(-c2ccc3c(c2)N(CCCCOc2ccccc2C)C(=O)C(C)O3)cs1. The third-order valence-electron chi connectivity index (χ3n) is 5.21. The van der Waals surface area contributed by atoms with Crippen LogP contribution in [0.5, 0.6) is 11.5 Å². The highest BCUT2D eigenvalue weighted by Gasteiger charge is 2.31. The Hall–Kier alpha value is -2.86. The zero-order chi connectivity index (χ0) is 21.1. The largest absolute Gasteiger partial charge is 0.493 e. The molecule has 1 unspecified atom stereocenters. The molecule has 3 aromatic rings. The Morgan fingerprint density at radius 3 is 2.77 bits per heavy atom. The van der Waals surface area contributed by atoms with E-state index in [-0.39, 0.29) is 5.91 Å². The van der Waals surface area contributed by atoms with Crippen LogP contribution in [0.4, 0.5) is 5.69 Å². The fourth-order valence-electron chi connectivity index (χ4n) is 3.57. The van der Waals surface area contributed by atoms with Gasteiger partial charge < -0.3 is 14.4 Å². The number of fused-ring (bicyclic) bond motifs is 1. The number of thiazole rings is 1. The van der Waals surface area contributed by atoms with Crippen LogP contribution in [0.15, 0.2) is 47.8 Å². The minimum Gasteiger partial charge on any atom is -0.493 e. The first-order chi connectivity index (χ1) is 14.5. The number of hydrogen-bond acceptors (Lipinski definition) is 5. The summed E-state index contributed by atoms with van der Waals surface area (Å²) in [6.07, 6.45) is 1.24. The Labute approximate surface area is 181 Å². The second-order valence-electron chi connectivity index (χ2n) is 7.51. The maximum absolute atomic E-state index is 12.8. The molecule has 0 saturated carbocycles. The van der Waals surface area contributed by atoms with Crippen molar-refractivity contribution in [1.82, 2.24) is 4.98 Å². The maximum atomic E-state index is 12.8. The summed E-state index contributed by atoms with van der Waals surface area (Å²) in [5.41, 5.74) is 3.88. The zero-order valence-corrected chi connectivity index (χ0v) is 18.4. The molecule has 0 aliphatic carbocycles. The predicted molar refractivity (Wildman–Crippen MR) is 121 cm³/mol. The molecular formula is C24H26N2O3S. The van der Waals surface area contributed by atoms with Crippen molar-refractivity contribution in [3.8, 4) is 22.8 Å². The van der Waals surface area contributed by atoms with E-state index in [1.54, 1.807) is 18.3 Å². The summed E-state index contributed by atoms with van der Waals surface area (Å²) in [6.45, 7) is 7.10. The van der Waals surface area contributed by atoms with E-state index in [0.29, 0.717) is 13.2 Å². The van der Waals surface area contributed by atoms with Gasteiger partial charge in [0.2, 0.25) is 0 Å². The Morgan fingerprint density at radius 2 is 2.00 bits per heavy atom. The predicted octanol–water partition coefficient (Wildman–Crippen LogP) is 5.40. The van der Waals surface area contributed by atoms with Gasteiger partial charge in [-0.15, -0.1) is 11.3 Å². The number of carbonyl (C=O) groups is 1. The second kappa shape index (κ2) is 8.88. The van der Waals surface area contributed by atoms with E-state index in [4.69, 9.17) is 9.47 Å². The fraction of sp³-hybridized carbons (Fsp3) is 0.333. The summed E-state index contributed by atoms with van der Waals surface area (Å²) in [7, 11) is 0. The molecule has 0 bridgehead atoms. The number of para-hydroxylation sites is 1. The molecule has 2 aromatic carbocycles. The molecule has 1 aliphatic heterocycles. The van der Waals surface area contributed by atoms with Crippen molar-refractivity contribution in [2.45, 2.75) is 39.7 Å². The van der Waals surface area contributed by atoms with E-state index >= 15 is 0 Å². The van der Waals surface area contributed by atoms with Gasteiger partial charge >= 0.3 is 0 Å². The zero-order valence-electron chi connectivity index (χ0n) is 17.6. The topological polar surface area (TPSA) is 51.7 Å². The van der Waals surface area contributed by atoms with E-state index < -0.39 is 6.10 Å². The van der Waals surface area contributed by atoms with Crippen molar-refractivity contribution in [1.29, 1.82) is 0 Å². The van der Waals surface area contributed by atoms with Gasteiger partial charge in [-0.25, -0.2) is 4.98 Å². The van der Waals surface area contributed by atoms with Gasteiger partial charge in [0.15, 0.2) is 6.10 Å². The normalized spacial score (nSPS) is 15.6. The lowest BCUT2D eigenvalue weighted by molar-refractivity contribution is -0.125. The summed E-state index contributed by atoms with van der Waals surface area (Å²) in [5, 5.41) is 3.06. The van der Waals surface area contributed by atoms with Gasteiger partial charge in [-0.05, 0) is 63.4 Å². The molecule has 0 fully saturated rings. The maximum Gasteiger partial charge on any atom is 0.267 e. The minimum atomic E-state index is -0.479. The van der Waals surface area contributed by atoms with Gasteiger partial charge in [0.05, 0.1) is 23.0 Å². The van der Waals surface area contributed by atoms with Crippen LogP contribution in [0.2, 0.25) is 0 Å². The molecule has 0 radical (unpaired) electrons. The van der Waals surface area contributed by atoms with Crippen LogP contribution in [0.1, 0.15) is 30.3 Å². The van der Waals surface area contributed by atoms with Gasteiger partial charge in [0, 0.05) is 17.5 Å². The quantitative estimate of drug-likeness (QED) is 0.479. The number of ether oxygens (including phenoxy) is 2. The van der Waals surface area contributed by atoms with Crippen molar-refractivity contribution in [2.75, 3.05) is 18.1 Å². The number of hydrogen-bond donors (Lipinski definition) is 0. The summed E-state index contributed by atoms with van der Waals surface area (Å²) in [6, 6.07) is 14.0. The van der Waals surface area contributed by atoms with E-state index in [1.165, 1.54) is 0 Å². The van der Waals surface area contributed by atoms with Crippen LogP contribution in [-0.2, 0) is 4.79 Å². The number of carbonyl (C=O) groups excluding carboxylic acids is 1. The highest BCUT2D eigenvalue weighted by molar-refractivity contribution is 7.09. The van der Waals surface area contributed by atoms with Gasteiger partial charge in [0.1, 0.15) is 11.5 Å². The lowest BCUT2D eigenvalue weighted by Crippen LogP contribution is -2.45. The molecule has 5 nitrogen and oxygen atoms in total. The Morgan fingerprint density at radius 1 is 1.17 bits per heavy atom. The van der Waals surface area contributed by atoms with Crippen LogP contribution < -0.4 is 14.4 Å². The average molecular weight is 423 g/mol. The standard InChI is InChI=1S/C24H26N2O3S/c1-16-8-4-5-9-22(16)28-13-7-6-12-26-21-14-19(20-15-30-18(3)25-20)10-11-23(21)29-17(2)24(26)27/h4-5,8-11,14-15,17H,6-7,12-13H2,1-3H3. The second-order valence-corrected chi connectivity index (χ2v) is 8.57. The van der Waals surface area contributed by atoms with Crippen LogP contribution in [0, 0.1) is 13.8 Å². The van der Waals surface area contributed by atoms with Gasteiger partial charge in [-0.2, -0.15) is 0 Å². The van der Waals surface area contributed by atoms with Crippen molar-refractivity contribution in [3.63, 3.8) is 0 Å². The van der Waals surface area contributed by atoms with E-state index in [1.807, 2.05) is 66.6 Å². The lowest BCUT2D eigenvalue weighted by atomic mass is 10.1. The number of rotatable bonds is 7. The number of nitrogens with zero attached hydrogens (tertiary/aromatic N) is 2. The lowest BCUT2D eigenvalue weighted by Gasteiger charge is -2.33. The summed E-state index contributed by atoms with van der Waals surface area (Å²) >= 11 is 1.62. The van der Waals surface area contributed by atoms with E-state index in [9.17, 15) is 4.79 Å². The van der Waals surface area contributed by atoms with Gasteiger partial charge in [0.25, 0.3) is 5.91 Å². The molecule has 0 N–H and O–H groups in total. The summed E-state index contributed by atoms with van der Waals surface area (Å²) < 4.78 is 11.7. The number of anilines is 1. The molecular weight excluding hydrogens is 396 g/mol. The first-order valence-electron chi connectivity index (χ1n) is 10.3. The summed E-state index contributed by atoms with van der Waals surface area (Å²) in [4.78, 5) is 19.2. The molecule has 156 valence electrons. The molecule has 1 amide bonds. The number of amides is 1. The molecule has 0 saturated heterocycles. The van der Waals surface area contributed by atoms with Crippen LogP contribution >= 0.6 is 11.3 Å². The van der Waals surface area contributed by atoms with E-state index in [0.717, 1.165) is 51.9 Å². The fourth-order valence-corrected chi connectivity index (χ4v) is 4.19. The van der Waals surface area contributed by atoms with Gasteiger partial charge in [-0.3, -0.25) is 4.79 Å². The molecule has 30 heavy (non-hydrogen) atoms. The van der Waals surface area contributed by atoms with Crippen molar-refractivity contribution >= 4 is 22.9 Å². The molecule has 6 heteroatoms. The highest BCUT2D eigenvalue weighted by Crippen LogP contribution is 2.38. The Balaban J connectivity index is 1.43. The Bertz CT molecular complexity index is 1050. The van der Waals surface area contributed by atoms with Gasteiger partial charge in [-0.1, -0.05) is 18.2 Å². The van der Waals surface area contributed by atoms with Crippen molar-refractivity contribution in [3.05, 3.63) is 58.4 Å². The number of aryl methyl sites for hydroxylation is 2. The average Bonchev–Trinajstić information content (AvgIpc) is 3.17. The van der Waals surface area contributed by atoms with E-state index in [2.05, 4.69) is 4.98 Å². The molecule has 1 aromatic heterocycles. The van der Waals surface area contributed by atoms with Crippen molar-refractivity contribution < 1.29 is 14.3 Å². The van der Waals surface area contributed by atoms with Crippen LogP contribution in [0.3, 0.4) is 0 Å². The number of unbranched alkanes of at least 4 members (excludes halogenated alkanes) is 1. The van der Waals surface area contributed by atoms with Crippen LogP contribution in [0.25, 0.3) is 11.3 Å². The molecule has 2 heterocycles. The van der Waals surface area contributed by atoms with Crippen LogP contribution in [-0.4, -0.2) is 30.1 Å². The molecule has 4 rings (SSSR count). The third-order valence-corrected chi connectivity index (χ3v) is 5.98. The minimum absolute atomic E-state index is 0.00562. The first-order valence-corrected chi connectivity index (χ1v) is 11.1. The van der Waals surface area contributed by atoms with Crippen molar-refractivity contribution in [2.24, 2.45) is 0 Å². The first kappa shape index (κ1) is 20.4. The highest BCUT2D eigenvalue weighted by atomic mass is 32.1. The molecule has 0 spiro atoms. The number of benzene rings is 2. The Kier molecular flexibility index (Phi) is 6.04. The number of aromatic nitrogens is 1. The molecule has 1 atom stereocenters. The third kappa shape index (κ3) is 4.33.